The van der Waals surface area contributed by atoms with E-state index in [-0.39, 0.29) is 24.0 Å². The molecule has 1 aromatic heterocycles. The normalized spacial score (nSPS) is 19.7. The topological polar surface area (TPSA) is 49.3 Å². The summed E-state index contributed by atoms with van der Waals surface area (Å²) in [5, 5.41) is 10.2. The van der Waals surface area contributed by atoms with E-state index in [0.717, 1.165) is 30.0 Å². The molecule has 3 rings (SSSR count). The zero-order valence-corrected chi connectivity index (χ0v) is 16.8. The summed E-state index contributed by atoms with van der Waals surface area (Å²) in [5.74, 6) is 2.39. The van der Waals surface area contributed by atoms with Crippen LogP contribution in [0, 0.1) is 11.3 Å². The van der Waals surface area contributed by atoms with Crippen molar-refractivity contribution in [2.45, 2.75) is 52.0 Å². The largest absolute Gasteiger partial charge is 0.356 e. The number of aromatic nitrogens is 1. The van der Waals surface area contributed by atoms with Gasteiger partial charge < -0.3 is 10.6 Å². The predicted molar refractivity (Wildman–Crippen MR) is 104 cm³/mol. The number of nitrogens with one attached hydrogen (secondary N) is 2. The third kappa shape index (κ3) is 4.34. The molecule has 0 amide bonds. The number of hydrogen-bond acceptors (Lipinski definition) is 3. The van der Waals surface area contributed by atoms with Gasteiger partial charge in [-0.3, -0.25) is 4.99 Å². The number of thiazole rings is 1. The molecule has 1 heterocycles. The molecule has 2 saturated carbocycles. The van der Waals surface area contributed by atoms with Crippen LogP contribution in [-0.4, -0.2) is 24.5 Å². The SMILES string of the molecule is CN=C(NCc1nc(C(C)C)cs1)NCC1(C2CC2)CC1.I. The van der Waals surface area contributed by atoms with Crippen LogP contribution in [0.1, 0.15) is 56.2 Å². The summed E-state index contributed by atoms with van der Waals surface area (Å²) in [7, 11) is 1.84. The van der Waals surface area contributed by atoms with Crippen molar-refractivity contribution in [1.29, 1.82) is 0 Å². The van der Waals surface area contributed by atoms with Crippen LogP contribution >= 0.6 is 35.3 Å². The van der Waals surface area contributed by atoms with Gasteiger partial charge in [0, 0.05) is 19.0 Å². The van der Waals surface area contributed by atoms with E-state index in [2.05, 4.69) is 39.8 Å². The number of hydrogen-bond donors (Lipinski definition) is 2. The van der Waals surface area contributed by atoms with E-state index < -0.39 is 0 Å². The molecule has 2 fully saturated rings. The van der Waals surface area contributed by atoms with Crippen molar-refractivity contribution in [3.05, 3.63) is 16.1 Å². The zero-order chi connectivity index (χ0) is 14.9. The molecule has 1 aromatic rings. The highest BCUT2D eigenvalue weighted by Crippen LogP contribution is 2.60. The fourth-order valence-corrected chi connectivity index (χ4v) is 3.79. The summed E-state index contributed by atoms with van der Waals surface area (Å²) in [4.78, 5) is 8.98. The third-order valence-corrected chi connectivity index (χ3v) is 5.60. The first-order chi connectivity index (χ1) is 10.1. The van der Waals surface area contributed by atoms with Gasteiger partial charge >= 0.3 is 0 Å². The number of halogens is 1. The Kier molecular flexibility index (Phi) is 6.10. The van der Waals surface area contributed by atoms with Gasteiger partial charge in [-0.1, -0.05) is 13.8 Å². The Balaban J connectivity index is 0.00000176. The van der Waals surface area contributed by atoms with Gasteiger partial charge in [-0.2, -0.15) is 0 Å². The summed E-state index contributed by atoms with van der Waals surface area (Å²) in [6, 6.07) is 0. The molecule has 0 atom stereocenters. The number of rotatable bonds is 6. The molecule has 0 spiro atoms. The maximum atomic E-state index is 4.65. The number of nitrogens with zero attached hydrogens (tertiary/aromatic N) is 2. The molecule has 4 nitrogen and oxygen atoms in total. The van der Waals surface area contributed by atoms with Crippen LogP contribution in [0.15, 0.2) is 10.4 Å². The first-order valence-electron chi connectivity index (χ1n) is 8.02. The highest BCUT2D eigenvalue weighted by atomic mass is 127. The minimum atomic E-state index is 0. The van der Waals surface area contributed by atoms with Gasteiger partial charge in [-0.05, 0) is 42.9 Å². The van der Waals surface area contributed by atoms with E-state index in [0.29, 0.717) is 11.3 Å². The molecule has 124 valence electrons. The van der Waals surface area contributed by atoms with Gasteiger partial charge in [-0.25, -0.2) is 4.98 Å². The molecular weight excluding hydrogens is 407 g/mol. The molecule has 22 heavy (non-hydrogen) atoms. The van der Waals surface area contributed by atoms with Crippen LogP contribution in [0.25, 0.3) is 0 Å². The molecule has 2 aliphatic rings. The molecule has 0 aliphatic heterocycles. The average molecular weight is 434 g/mol. The van der Waals surface area contributed by atoms with E-state index in [9.17, 15) is 0 Å². The third-order valence-electron chi connectivity index (χ3n) is 4.74. The second-order valence-corrected chi connectivity index (χ2v) is 7.68. The Morgan fingerprint density at radius 3 is 2.64 bits per heavy atom. The van der Waals surface area contributed by atoms with Crippen LogP contribution in [0.3, 0.4) is 0 Å². The summed E-state index contributed by atoms with van der Waals surface area (Å²) in [6.45, 7) is 6.19. The van der Waals surface area contributed by atoms with Gasteiger partial charge in [0.1, 0.15) is 5.01 Å². The lowest BCUT2D eigenvalue weighted by Gasteiger charge is -2.17. The second kappa shape index (κ2) is 7.47. The number of aliphatic imine (C=N–C) groups is 1. The average Bonchev–Trinajstić information content (AvgIpc) is 3.37. The van der Waals surface area contributed by atoms with E-state index in [4.69, 9.17) is 0 Å². The minimum absolute atomic E-state index is 0. The Morgan fingerprint density at radius 1 is 1.41 bits per heavy atom. The Hall–Kier alpha value is -0.370. The van der Waals surface area contributed by atoms with E-state index >= 15 is 0 Å². The van der Waals surface area contributed by atoms with Crippen molar-refractivity contribution in [2.24, 2.45) is 16.3 Å². The van der Waals surface area contributed by atoms with Crippen LogP contribution < -0.4 is 10.6 Å². The standard InChI is InChI=1S/C16H26N4S.HI/c1-11(2)13-9-21-14(20-13)8-18-15(17-3)19-10-16(6-7-16)12-4-5-12;/h9,11-12H,4-8,10H2,1-3H3,(H2,17,18,19);1H. The van der Waals surface area contributed by atoms with E-state index in [1.54, 1.807) is 11.3 Å². The first-order valence-corrected chi connectivity index (χ1v) is 8.90. The Bertz CT molecular complexity index is 518. The predicted octanol–water partition coefficient (Wildman–Crippen LogP) is 3.74. The van der Waals surface area contributed by atoms with Crippen LogP contribution in [0.4, 0.5) is 0 Å². The Morgan fingerprint density at radius 2 is 2.14 bits per heavy atom. The van der Waals surface area contributed by atoms with Crippen LogP contribution in [-0.2, 0) is 6.54 Å². The van der Waals surface area contributed by atoms with Gasteiger partial charge in [-0.15, -0.1) is 35.3 Å². The molecular formula is C16H27IN4S. The lowest BCUT2D eigenvalue weighted by molar-refractivity contribution is 0.431. The molecule has 6 heteroatoms. The smallest absolute Gasteiger partial charge is 0.191 e. The van der Waals surface area contributed by atoms with Gasteiger partial charge in [0.25, 0.3) is 0 Å². The fraction of sp³-hybridized carbons (Fsp3) is 0.750. The van der Waals surface area contributed by atoms with Crippen LogP contribution in [0.2, 0.25) is 0 Å². The molecule has 0 radical (unpaired) electrons. The van der Waals surface area contributed by atoms with Gasteiger partial charge in [0.05, 0.1) is 12.2 Å². The van der Waals surface area contributed by atoms with Crippen molar-refractivity contribution in [1.82, 2.24) is 15.6 Å². The quantitative estimate of drug-likeness (QED) is 0.408. The van der Waals surface area contributed by atoms with Crippen LogP contribution in [0.5, 0.6) is 0 Å². The van der Waals surface area contributed by atoms with Crippen molar-refractivity contribution in [3.63, 3.8) is 0 Å². The maximum absolute atomic E-state index is 4.65. The minimum Gasteiger partial charge on any atom is -0.356 e. The van der Waals surface area contributed by atoms with Crippen molar-refractivity contribution < 1.29 is 0 Å². The highest BCUT2D eigenvalue weighted by molar-refractivity contribution is 14.0. The van der Waals surface area contributed by atoms with Gasteiger partial charge in [0.2, 0.25) is 0 Å². The summed E-state index contributed by atoms with van der Waals surface area (Å²) < 4.78 is 0. The lowest BCUT2D eigenvalue weighted by atomic mass is 10.0. The molecule has 0 saturated heterocycles. The summed E-state index contributed by atoms with van der Waals surface area (Å²) in [6.07, 6.45) is 5.66. The van der Waals surface area contributed by atoms with E-state index in [1.807, 2.05) is 7.05 Å². The molecule has 2 aliphatic carbocycles. The maximum Gasteiger partial charge on any atom is 0.191 e. The van der Waals surface area contributed by atoms with Crippen molar-refractivity contribution in [3.8, 4) is 0 Å². The van der Waals surface area contributed by atoms with E-state index in [1.165, 1.54) is 31.4 Å². The Labute approximate surface area is 154 Å². The molecule has 0 bridgehead atoms. The highest BCUT2D eigenvalue weighted by Gasteiger charge is 2.53. The first kappa shape index (κ1) is 18.0. The molecule has 0 unspecified atom stereocenters. The second-order valence-electron chi connectivity index (χ2n) is 6.74. The molecule has 0 aromatic carbocycles. The summed E-state index contributed by atoms with van der Waals surface area (Å²) in [5.41, 5.74) is 1.79. The van der Waals surface area contributed by atoms with Crippen molar-refractivity contribution >= 4 is 41.3 Å². The fourth-order valence-electron chi connectivity index (χ4n) is 2.90. The van der Waals surface area contributed by atoms with Crippen molar-refractivity contribution in [2.75, 3.05) is 13.6 Å². The zero-order valence-electron chi connectivity index (χ0n) is 13.7. The lowest BCUT2D eigenvalue weighted by Crippen LogP contribution is -2.40. The number of guanidine groups is 1. The summed E-state index contributed by atoms with van der Waals surface area (Å²) >= 11 is 1.72. The monoisotopic (exact) mass is 434 g/mol. The molecule has 2 N–H and O–H groups in total. The van der Waals surface area contributed by atoms with Gasteiger partial charge in [0.15, 0.2) is 5.96 Å².